The lowest BCUT2D eigenvalue weighted by molar-refractivity contribution is 0.0879. The van der Waals surface area contributed by atoms with Crippen LogP contribution in [0.5, 0.6) is 0 Å². The molecule has 0 saturated carbocycles. The summed E-state index contributed by atoms with van der Waals surface area (Å²) in [5.41, 5.74) is 6.22. The molecular weight excluding hydrogens is 205 g/mol. The Labute approximate surface area is 95.7 Å². The van der Waals surface area contributed by atoms with Crippen LogP contribution < -0.4 is 5.73 Å². The molecule has 1 rings (SSSR count). The van der Waals surface area contributed by atoms with Gasteiger partial charge in [-0.15, -0.1) is 0 Å². The highest BCUT2D eigenvalue weighted by atomic mass is 19.1. The number of carbonyl (C=O) groups excluding carboxylic acids is 1. The van der Waals surface area contributed by atoms with Crippen LogP contribution in [0.4, 0.5) is 4.39 Å². The summed E-state index contributed by atoms with van der Waals surface area (Å²) in [6, 6.07) is 4.33. The summed E-state index contributed by atoms with van der Waals surface area (Å²) >= 11 is 0. The molecule has 0 aliphatic heterocycles. The highest BCUT2D eigenvalue weighted by Gasteiger charge is 2.30. The lowest BCUT2D eigenvalue weighted by atomic mass is 9.85. The third-order valence-corrected chi connectivity index (χ3v) is 3.02. The molecule has 0 bridgehead atoms. The Morgan fingerprint density at radius 2 is 1.88 bits per heavy atom. The van der Waals surface area contributed by atoms with Crippen molar-refractivity contribution in [2.75, 3.05) is 0 Å². The molecule has 0 spiro atoms. The Morgan fingerprint density at radius 1 is 1.31 bits per heavy atom. The van der Waals surface area contributed by atoms with E-state index in [1.54, 1.807) is 13.0 Å². The van der Waals surface area contributed by atoms with Gasteiger partial charge < -0.3 is 5.73 Å². The van der Waals surface area contributed by atoms with Crippen molar-refractivity contribution in [2.24, 2.45) is 5.73 Å². The minimum atomic E-state index is -0.875. The number of hydrogen-bond donors (Lipinski definition) is 1. The van der Waals surface area contributed by atoms with Gasteiger partial charge in [0.2, 0.25) is 0 Å². The average Bonchev–Trinajstić information content (AvgIpc) is 2.25. The van der Waals surface area contributed by atoms with Gasteiger partial charge in [-0.25, -0.2) is 4.39 Å². The standard InChI is InChI=1S/C13H18FNO/c1-4-13(15,5-2)12(16)10-6-9(3)7-11(14)8-10/h6-8H,4-5,15H2,1-3H3. The predicted octanol–water partition coefficient (Wildman–Crippen LogP) is 2.83. The van der Waals surface area contributed by atoms with Gasteiger partial charge in [-0.3, -0.25) is 4.79 Å². The van der Waals surface area contributed by atoms with Gasteiger partial charge in [0.25, 0.3) is 0 Å². The minimum absolute atomic E-state index is 0.180. The number of nitrogens with two attached hydrogens (primary N) is 1. The maximum Gasteiger partial charge on any atom is 0.182 e. The van der Waals surface area contributed by atoms with Crippen LogP contribution in [-0.4, -0.2) is 11.3 Å². The Morgan fingerprint density at radius 3 is 2.31 bits per heavy atom. The predicted molar refractivity (Wildman–Crippen MR) is 63.0 cm³/mol. The summed E-state index contributed by atoms with van der Waals surface area (Å²) in [5.74, 6) is -0.571. The third-order valence-electron chi connectivity index (χ3n) is 3.02. The monoisotopic (exact) mass is 223 g/mol. The highest BCUT2D eigenvalue weighted by Crippen LogP contribution is 2.20. The fourth-order valence-corrected chi connectivity index (χ4v) is 1.73. The van der Waals surface area contributed by atoms with Crippen LogP contribution in [0.15, 0.2) is 18.2 Å². The molecule has 0 unspecified atom stereocenters. The molecule has 0 saturated heterocycles. The van der Waals surface area contributed by atoms with Crippen molar-refractivity contribution in [3.63, 3.8) is 0 Å². The fourth-order valence-electron chi connectivity index (χ4n) is 1.73. The van der Waals surface area contributed by atoms with Gasteiger partial charge in [0.05, 0.1) is 5.54 Å². The first-order valence-corrected chi connectivity index (χ1v) is 5.54. The third kappa shape index (κ3) is 2.47. The zero-order valence-electron chi connectivity index (χ0n) is 10.0. The number of hydrogen-bond acceptors (Lipinski definition) is 2. The molecule has 0 atom stereocenters. The lowest BCUT2D eigenvalue weighted by Gasteiger charge is -2.25. The Bertz CT molecular complexity index is 377. The molecule has 2 nitrogen and oxygen atoms in total. The largest absolute Gasteiger partial charge is 0.319 e. The van der Waals surface area contributed by atoms with E-state index in [9.17, 15) is 9.18 Å². The molecule has 0 amide bonds. The molecule has 0 aliphatic rings. The number of ketones is 1. The molecule has 0 heterocycles. The molecule has 0 fully saturated rings. The van der Waals surface area contributed by atoms with Crippen molar-refractivity contribution in [1.82, 2.24) is 0 Å². The Hall–Kier alpha value is -1.22. The zero-order valence-corrected chi connectivity index (χ0v) is 10.0. The van der Waals surface area contributed by atoms with Gasteiger partial charge in [-0.2, -0.15) is 0 Å². The first-order chi connectivity index (χ1) is 7.42. The van der Waals surface area contributed by atoms with Crippen LogP contribution in [0, 0.1) is 12.7 Å². The smallest absolute Gasteiger partial charge is 0.182 e. The molecule has 1 aromatic carbocycles. The van der Waals surface area contributed by atoms with Gasteiger partial charge in [-0.05, 0) is 43.5 Å². The number of halogens is 1. The number of carbonyl (C=O) groups is 1. The topological polar surface area (TPSA) is 43.1 Å². The van der Waals surface area contributed by atoms with Crippen molar-refractivity contribution in [3.8, 4) is 0 Å². The molecule has 0 radical (unpaired) electrons. The number of aryl methyl sites for hydroxylation is 1. The van der Waals surface area contributed by atoms with E-state index in [0.717, 1.165) is 5.56 Å². The maximum atomic E-state index is 13.2. The second-order valence-corrected chi connectivity index (χ2v) is 4.21. The number of rotatable bonds is 4. The zero-order chi connectivity index (χ0) is 12.3. The summed E-state index contributed by atoms with van der Waals surface area (Å²) < 4.78 is 13.2. The van der Waals surface area contributed by atoms with Crippen LogP contribution in [0.25, 0.3) is 0 Å². The van der Waals surface area contributed by atoms with Crippen molar-refractivity contribution in [2.45, 2.75) is 39.2 Å². The van der Waals surface area contributed by atoms with Crippen LogP contribution in [-0.2, 0) is 0 Å². The van der Waals surface area contributed by atoms with E-state index in [1.165, 1.54) is 12.1 Å². The Balaban J connectivity index is 3.13. The summed E-state index contributed by atoms with van der Waals surface area (Å²) in [6.45, 7) is 5.50. The average molecular weight is 223 g/mol. The normalized spacial score (nSPS) is 11.6. The summed E-state index contributed by atoms with van der Waals surface area (Å²) in [7, 11) is 0. The maximum absolute atomic E-state index is 13.2. The first kappa shape index (κ1) is 12.8. The SMILES string of the molecule is CCC(N)(CC)C(=O)c1cc(C)cc(F)c1. The highest BCUT2D eigenvalue weighted by molar-refractivity contribution is 6.03. The van der Waals surface area contributed by atoms with Crippen molar-refractivity contribution < 1.29 is 9.18 Å². The van der Waals surface area contributed by atoms with Crippen molar-refractivity contribution in [1.29, 1.82) is 0 Å². The second kappa shape index (κ2) is 4.74. The second-order valence-electron chi connectivity index (χ2n) is 4.21. The first-order valence-electron chi connectivity index (χ1n) is 5.54. The molecule has 88 valence electrons. The van der Waals surface area contributed by atoms with Gasteiger partial charge in [-0.1, -0.05) is 13.8 Å². The van der Waals surface area contributed by atoms with Gasteiger partial charge in [0.1, 0.15) is 5.82 Å². The molecular formula is C13H18FNO. The molecule has 3 heteroatoms. The number of Topliss-reactive ketones (excluding diaryl/α,β-unsaturated/α-hetero) is 1. The fraction of sp³-hybridized carbons (Fsp3) is 0.462. The molecule has 0 aromatic heterocycles. The van der Waals surface area contributed by atoms with Gasteiger partial charge in [0, 0.05) is 5.56 Å². The summed E-state index contributed by atoms with van der Waals surface area (Å²) in [4.78, 5) is 12.1. The molecule has 1 aromatic rings. The molecule has 0 aliphatic carbocycles. The van der Waals surface area contributed by atoms with E-state index < -0.39 is 11.4 Å². The molecule has 16 heavy (non-hydrogen) atoms. The van der Waals surface area contributed by atoms with Crippen molar-refractivity contribution in [3.05, 3.63) is 35.1 Å². The van der Waals surface area contributed by atoms with Crippen LogP contribution in [0.2, 0.25) is 0 Å². The quantitative estimate of drug-likeness (QED) is 0.797. The van der Waals surface area contributed by atoms with E-state index in [4.69, 9.17) is 5.73 Å². The number of benzene rings is 1. The Kier molecular flexibility index (Phi) is 3.81. The summed E-state index contributed by atoms with van der Waals surface area (Å²) in [5, 5.41) is 0. The van der Waals surface area contributed by atoms with E-state index in [-0.39, 0.29) is 5.78 Å². The molecule has 2 N–H and O–H groups in total. The van der Waals surface area contributed by atoms with Crippen LogP contribution >= 0.6 is 0 Å². The minimum Gasteiger partial charge on any atom is -0.319 e. The van der Waals surface area contributed by atoms with E-state index in [0.29, 0.717) is 18.4 Å². The van der Waals surface area contributed by atoms with Crippen LogP contribution in [0.3, 0.4) is 0 Å². The lowest BCUT2D eigenvalue weighted by Crippen LogP contribution is -2.46. The van der Waals surface area contributed by atoms with Crippen LogP contribution in [0.1, 0.15) is 42.6 Å². The van der Waals surface area contributed by atoms with Gasteiger partial charge in [0.15, 0.2) is 5.78 Å². The van der Waals surface area contributed by atoms with Gasteiger partial charge >= 0.3 is 0 Å². The van der Waals surface area contributed by atoms with E-state index >= 15 is 0 Å². The summed E-state index contributed by atoms with van der Waals surface area (Å²) in [6.07, 6.45) is 1.11. The van der Waals surface area contributed by atoms with E-state index in [2.05, 4.69) is 0 Å². The van der Waals surface area contributed by atoms with E-state index in [1.807, 2.05) is 13.8 Å². The van der Waals surface area contributed by atoms with Crippen molar-refractivity contribution >= 4 is 5.78 Å².